The monoisotopic (exact) mass is 221 g/mol. The standard InChI is InChI=1S/C7H13NO3P2/c1-11-7(10)6-5(9)3-2-4-8(6)13-12/h6,13H,2-4,12H2,1H3. The van der Waals surface area contributed by atoms with Crippen LogP contribution in [0.25, 0.3) is 0 Å². The summed E-state index contributed by atoms with van der Waals surface area (Å²) in [5.41, 5.74) is 0. The van der Waals surface area contributed by atoms with Gasteiger partial charge in [-0.25, -0.2) is 4.79 Å². The maximum absolute atomic E-state index is 11.4. The Bertz CT molecular complexity index is 214. The van der Waals surface area contributed by atoms with Gasteiger partial charge >= 0.3 is 5.97 Å². The summed E-state index contributed by atoms with van der Waals surface area (Å²) in [5, 5.41) is 0. The minimum absolute atomic E-state index is 0.0203. The first-order valence-electron chi connectivity index (χ1n) is 4.04. The molecule has 1 saturated heterocycles. The normalized spacial score (nSPS) is 25.4. The van der Waals surface area contributed by atoms with Crippen LogP contribution in [0.3, 0.4) is 0 Å². The fourth-order valence-electron chi connectivity index (χ4n) is 1.37. The predicted octanol–water partition coefficient (Wildman–Crippen LogP) is 0.576. The van der Waals surface area contributed by atoms with E-state index in [9.17, 15) is 9.59 Å². The van der Waals surface area contributed by atoms with Gasteiger partial charge in [-0.05, 0) is 14.8 Å². The topological polar surface area (TPSA) is 46.6 Å². The number of esters is 1. The Morgan fingerprint density at radius 3 is 3.00 bits per heavy atom. The number of Topliss-reactive ketones (excluding diaryl/α,β-unsaturated/α-hetero) is 1. The molecule has 1 rings (SSSR count). The summed E-state index contributed by atoms with van der Waals surface area (Å²) < 4.78 is 6.44. The second-order valence-electron chi connectivity index (χ2n) is 2.82. The van der Waals surface area contributed by atoms with Crippen molar-refractivity contribution in [3.63, 3.8) is 0 Å². The van der Waals surface area contributed by atoms with Crippen LogP contribution in [0.2, 0.25) is 0 Å². The predicted molar refractivity (Wildman–Crippen MR) is 54.8 cm³/mol. The molecule has 0 N–H and O–H groups in total. The van der Waals surface area contributed by atoms with Crippen molar-refractivity contribution in [3.05, 3.63) is 0 Å². The molecule has 1 fully saturated rings. The van der Waals surface area contributed by atoms with Gasteiger partial charge in [0.05, 0.1) is 7.11 Å². The van der Waals surface area contributed by atoms with E-state index in [1.165, 1.54) is 7.11 Å². The van der Waals surface area contributed by atoms with E-state index in [2.05, 4.69) is 13.7 Å². The van der Waals surface area contributed by atoms with E-state index in [4.69, 9.17) is 0 Å². The van der Waals surface area contributed by atoms with Crippen molar-refractivity contribution in [2.75, 3.05) is 13.7 Å². The number of hydrogen-bond donors (Lipinski definition) is 0. The van der Waals surface area contributed by atoms with Crippen molar-refractivity contribution in [2.24, 2.45) is 0 Å². The highest BCUT2D eigenvalue weighted by Gasteiger charge is 2.35. The molecule has 0 aromatic rings. The van der Waals surface area contributed by atoms with E-state index >= 15 is 0 Å². The molecule has 0 spiro atoms. The highest BCUT2D eigenvalue weighted by atomic mass is 32.0. The van der Waals surface area contributed by atoms with Crippen LogP contribution in [0.4, 0.5) is 0 Å². The van der Waals surface area contributed by atoms with Gasteiger partial charge in [-0.3, -0.25) is 9.46 Å². The quantitative estimate of drug-likeness (QED) is 0.388. The van der Waals surface area contributed by atoms with Gasteiger partial charge in [0.25, 0.3) is 0 Å². The number of ketones is 1. The van der Waals surface area contributed by atoms with E-state index in [1.54, 1.807) is 0 Å². The molecule has 1 aliphatic rings. The van der Waals surface area contributed by atoms with Crippen LogP contribution >= 0.6 is 17.3 Å². The number of hydrogen-bond acceptors (Lipinski definition) is 4. The molecule has 4 nitrogen and oxygen atoms in total. The Kier molecular flexibility index (Phi) is 4.24. The van der Waals surface area contributed by atoms with Crippen LogP contribution in [-0.2, 0) is 14.3 Å². The molecular weight excluding hydrogens is 208 g/mol. The van der Waals surface area contributed by atoms with Crippen molar-refractivity contribution in [3.8, 4) is 0 Å². The van der Waals surface area contributed by atoms with Crippen molar-refractivity contribution < 1.29 is 14.3 Å². The number of nitrogens with zero attached hydrogens (tertiary/aromatic N) is 1. The minimum Gasteiger partial charge on any atom is -0.467 e. The van der Waals surface area contributed by atoms with Crippen molar-refractivity contribution in [2.45, 2.75) is 18.9 Å². The molecule has 74 valence electrons. The smallest absolute Gasteiger partial charge is 0.331 e. The average Bonchev–Trinajstić information content (AvgIpc) is 2.16. The lowest BCUT2D eigenvalue weighted by atomic mass is 10.0. The molecule has 3 unspecified atom stereocenters. The van der Waals surface area contributed by atoms with Gasteiger partial charge in [0.15, 0.2) is 11.8 Å². The maximum Gasteiger partial charge on any atom is 0.331 e. The number of carbonyl (C=O) groups excluding carboxylic acids is 2. The molecule has 0 radical (unpaired) electrons. The summed E-state index contributed by atoms with van der Waals surface area (Å²) in [6, 6.07) is -0.658. The summed E-state index contributed by atoms with van der Waals surface area (Å²) >= 11 is 0. The van der Waals surface area contributed by atoms with Crippen molar-refractivity contribution in [1.29, 1.82) is 0 Å². The largest absolute Gasteiger partial charge is 0.467 e. The van der Waals surface area contributed by atoms with Crippen LogP contribution in [-0.4, -0.2) is 36.1 Å². The Labute approximate surface area is 81.3 Å². The van der Waals surface area contributed by atoms with E-state index in [0.717, 1.165) is 13.0 Å². The van der Waals surface area contributed by atoms with Gasteiger partial charge in [-0.15, -0.1) is 0 Å². The molecule has 13 heavy (non-hydrogen) atoms. The molecule has 0 saturated carbocycles. The Morgan fingerprint density at radius 2 is 2.46 bits per heavy atom. The second kappa shape index (κ2) is 4.99. The first-order valence-corrected chi connectivity index (χ1v) is 6.79. The fraction of sp³-hybridized carbons (Fsp3) is 0.714. The van der Waals surface area contributed by atoms with Crippen molar-refractivity contribution >= 4 is 29.1 Å². The maximum atomic E-state index is 11.4. The van der Waals surface area contributed by atoms with Gasteiger partial charge in [-0.2, -0.15) is 0 Å². The van der Waals surface area contributed by atoms with E-state index < -0.39 is 12.0 Å². The first kappa shape index (κ1) is 11.0. The molecule has 0 bridgehead atoms. The zero-order chi connectivity index (χ0) is 9.84. The summed E-state index contributed by atoms with van der Waals surface area (Å²) in [6.45, 7) is 0.799. The molecule has 6 heteroatoms. The van der Waals surface area contributed by atoms with Gasteiger partial charge in [-0.1, -0.05) is 8.93 Å². The van der Waals surface area contributed by atoms with Gasteiger partial charge in [0.1, 0.15) is 0 Å². The number of methoxy groups -OCH3 is 1. The SMILES string of the molecule is COC(=O)C1C(=O)CCCN1PP. The van der Waals surface area contributed by atoms with Crippen LogP contribution in [0.15, 0.2) is 0 Å². The molecular formula is C7H13NO3P2. The summed E-state index contributed by atoms with van der Waals surface area (Å²) in [4.78, 5) is 22.7. The highest BCUT2D eigenvalue weighted by molar-refractivity contribution is 8.01. The molecule has 0 aromatic carbocycles. The Morgan fingerprint density at radius 1 is 1.77 bits per heavy atom. The highest BCUT2D eigenvalue weighted by Crippen LogP contribution is 2.32. The van der Waals surface area contributed by atoms with Gasteiger partial charge < -0.3 is 4.74 Å². The molecule has 1 aliphatic heterocycles. The lowest BCUT2D eigenvalue weighted by molar-refractivity contribution is -0.150. The minimum atomic E-state index is -0.658. The zero-order valence-corrected chi connectivity index (χ0v) is 9.60. The molecule has 0 aliphatic carbocycles. The van der Waals surface area contributed by atoms with E-state index in [1.807, 2.05) is 4.67 Å². The number of ether oxygens (including phenoxy) is 1. The first-order chi connectivity index (χ1) is 6.20. The van der Waals surface area contributed by atoms with Crippen LogP contribution in [0.5, 0.6) is 0 Å². The van der Waals surface area contributed by atoms with Gasteiger partial charge in [0, 0.05) is 13.0 Å². The summed E-state index contributed by atoms with van der Waals surface area (Å²) in [6.07, 6.45) is 1.33. The van der Waals surface area contributed by atoms with Gasteiger partial charge in [0.2, 0.25) is 0 Å². The summed E-state index contributed by atoms with van der Waals surface area (Å²) in [7, 11) is 4.26. The summed E-state index contributed by atoms with van der Waals surface area (Å²) in [5.74, 6) is -0.451. The number of rotatable bonds is 2. The second-order valence-corrected chi connectivity index (χ2v) is 4.43. The number of piperidine rings is 1. The third kappa shape index (κ3) is 2.46. The molecule has 0 aromatic heterocycles. The zero-order valence-electron chi connectivity index (χ0n) is 7.45. The van der Waals surface area contributed by atoms with E-state index in [-0.39, 0.29) is 5.78 Å². The van der Waals surface area contributed by atoms with Crippen LogP contribution in [0, 0.1) is 0 Å². The van der Waals surface area contributed by atoms with Crippen molar-refractivity contribution in [1.82, 2.24) is 4.67 Å². The Hall–Kier alpha value is -0.0400. The Balaban J connectivity index is 2.73. The van der Waals surface area contributed by atoms with E-state index in [0.29, 0.717) is 14.8 Å². The third-order valence-electron chi connectivity index (χ3n) is 2.03. The molecule has 0 amide bonds. The molecule has 1 heterocycles. The van der Waals surface area contributed by atoms with Crippen LogP contribution in [0.1, 0.15) is 12.8 Å². The molecule has 3 atom stereocenters. The lowest BCUT2D eigenvalue weighted by Crippen LogP contribution is -2.46. The lowest BCUT2D eigenvalue weighted by Gasteiger charge is -2.30. The fourth-order valence-corrected chi connectivity index (χ4v) is 2.89. The third-order valence-corrected chi connectivity index (χ3v) is 3.84. The number of carbonyl (C=O) groups is 2. The van der Waals surface area contributed by atoms with Crippen LogP contribution < -0.4 is 0 Å². The average molecular weight is 221 g/mol.